The average Bonchev–Trinajstić information content (AvgIpc) is 2.05. The molecule has 0 aliphatic heterocycles. The SMILES string of the molecule is CC(C)(CCN)c1ccc(F)cc1. The van der Waals surface area contributed by atoms with Gasteiger partial charge in [-0.25, -0.2) is 4.39 Å². The molecule has 1 aromatic carbocycles. The van der Waals surface area contributed by atoms with E-state index in [2.05, 4.69) is 13.8 Å². The third-order valence-corrected chi connectivity index (χ3v) is 2.40. The van der Waals surface area contributed by atoms with Gasteiger partial charge in [-0.1, -0.05) is 26.0 Å². The second-order valence-electron chi connectivity index (χ2n) is 3.93. The third kappa shape index (κ3) is 2.52. The fraction of sp³-hybridized carbons (Fsp3) is 0.455. The minimum atomic E-state index is -0.188. The van der Waals surface area contributed by atoms with Crippen LogP contribution >= 0.6 is 0 Å². The Balaban J connectivity index is 2.87. The van der Waals surface area contributed by atoms with Crippen molar-refractivity contribution in [1.82, 2.24) is 0 Å². The van der Waals surface area contributed by atoms with Crippen LogP contribution in [0.25, 0.3) is 0 Å². The van der Waals surface area contributed by atoms with Crippen LogP contribution in [0.15, 0.2) is 24.3 Å². The van der Waals surface area contributed by atoms with Gasteiger partial charge in [0.1, 0.15) is 5.82 Å². The van der Waals surface area contributed by atoms with Crippen LogP contribution in [0.5, 0.6) is 0 Å². The summed E-state index contributed by atoms with van der Waals surface area (Å²) >= 11 is 0. The molecule has 72 valence electrons. The highest BCUT2D eigenvalue weighted by molar-refractivity contribution is 5.24. The molecule has 1 aromatic rings. The summed E-state index contributed by atoms with van der Waals surface area (Å²) in [4.78, 5) is 0. The van der Waals surface area contributed by atoms with Crippen molar-refractivity contribution in [3.05, 3.63) is 35.6 Å². The minimum Gasteiger partial charge on any atom is -0.330 e. The second-order valence-corrected chi connectivity index (χ2v) is 3.93. The average molecular weight is 181 g/mol. The first-order valence-electron chi connectivity index (χ1n) is 4.52. The molecular weight excluding hydrogens is 165 g/mol. The van der Waals surface area contributed by atoms with Gasteiger partial charge in [-0.3, -0.25) is 0 Å². The van der Waals surface area contributed by atoms with Crippen molar-refractivity contribution in [3.8, 4) is 0 Å². The summed E-state index contributed by atoms with van der Waals surface area (Å²) in [5.41, 5.74) is 6.69. The Morgan fingerprint density at radius 1 is 1.23 bits per heavy atom. The zero-order valence-corrected chi connectivity index (χ0v) is 8.18. The summed E-state index contributed by atoms with van der Waals surface area (Å²) in [6.07, 6.45) is 0.915. The molecule has 13 heavy (non-hydrogen) atoms. The van der Waals surface area contributed by atoms with Gasteiger partial charge < -0.3 is 5.73 Å². The van der Waals surface area contributed by atoms with Gasteiger partial charge in [0, 0.05) is 0 Å². The number of benzene rings is 1. The predicted molar refractivity (Wildman–Crippen MR) is 53.1 cm³/mol. The highest BCUT2D eigenvalue weighted by atomic mass is 19.1. The molecule has 0 fully saturated rings. The Morgan fingerprint density at radius 3 is 2.23 bits per heavy atom. The molecule has 0 heterocycles. The maximum atomic E-state index is 12.6. The van der Waals surface area contributed by atoms with Gasteiger partial charge >= 0.3 is 0 Å². The monoisotopic (exact) mass is 181 g/mol. The topological polar surface area (TPSA) is 26.0 Å². The predicted octanol–water partition coefficient (Wildman–Crippen LogP) is 2.45. The van der Waals surface area contributed by atoms with E-state index < -0.39 is 0 Å². The first kappa shape index (κ1) is 10.2. The molecule has 0 radical (unpaired) electrons. The molecule has 0 aromatic heterocycles. The van der Waals surface area contributed by atoms with E-state index in [4.69, 9.17) is 5.73 Å². The normalized spacial score (nSPS) is 11.7. The number of nitrogens with two attached hydrogens (primary N) is 1. The van der Waals surface area contributed by atoms with Crippen LogP contribution in [0.4, 0.5) is 4.39 Å². The Labute approximate surface area is 78.8 Å². The van der Waals surface area contributed by atoms with Crippen LogP contribution in [0, 0.1) is 5.82 Å². The smallest absolute Gasteiger partial charge is 0.123 e. The van der Waals surface area contributed by atoms with Crippen LogP contribution in [0.2, 0.25) is 0 Å². The van der Waals surface area contributed by atoms with Crippen LogP contribution in [-0.2, 0) is 5.41 Å². The molecule has 0 bridgehead atoms. The molecule has 0 aliphatic rings. The summed E-state index contributed by atoms with van der Waals surface area (Å²) in [5.74, 6) is -0.188. The quantitative estimate of drug-likeness (QED) is 0.761. The zero-order valence-electron chi connectivity index (χ0n) is 8.18. The molecule has 1 rings (SSSR count). The fourth-order valence-electron chi connectivity index (χ4n) is 1.41. The lowest BCUT2D eigenvalue weighted by molar-refractivity contribution is 0.486. The highest BCUT2D eigenvalue weighted by Crippen LogP contribution is 2.26. The van der Waals surface area contributed by atoms with Crippen molar-refractivity contribution >= 4 is 0 Å². The van der Waals surface area contributed by atoms with Gasteiger partial charge in [0.2, 0.25) is 0 Å². The molecule has 2 heteroatoms. The van der Waals surface area contributed by atoms with Crippen LogP contribution in [0.3, 0.4) is 0 Å². The zero-order chi connectivity index (χ0) is 9.90. The molecular formula is C11H16FN. The molecule has 2 N–H and O–H groups in total. The summed E-state index contributed by atoms with van der Waals surface area (Å²) in [6, 6.07) is 6.64. The molecule has 0 aliphatic carbocycles. The minimum absolute atomic E-state index is 0.0441. The molecule has 0 amide bonds. The van der Waals surface area contributed by atoms with Gasteiger partial charge in [0.15, 0.2) is 0 Å². The van der Waals surface area contributed by atoms with E-state index in [9.17, 15) is 4.39 Å². The number of hydrogen-bond acceptors (Lipinski definition) is 1. The third-order valence-electron chi connectivity index (χ3n) is 2.40. The number of halogens is 1. The summed E-state index contributed by atoms with van der Waals surface area (Å²) in [6.45, 7) is 4.89. The lowest BCUT2D eigenvalue weighted by atomic mass is 9.82. The molecule has 0 spiro atoms. The molecule has 0 saturated carbocycles. The van der Waals surface area contributed by atoms with E-state index >= 15 is 0 Å². The molecule has 0 unspecified atom stereocenters. The first-order valence-corrected chi connectivity index (χ1v) is 4.52. The summed E-state index contributed by atoms with van der Waals surface area (Å²) in [7, 11) is 0. The second kappa shape index (κ2) is 3.88. The van der Waals surface area contributed by atoms with E-state index in [-0.39, 0.29) is 11.2 Å². The van der Waals surface area contributed by atoms with E-state index in [0.29, 0.717) is 6.54 Å². The van der Waals surface area contributed by atoms with Crippen molar-refractivity contribution in [2.24, 2.45) is 5.73 Å². The van der Waals surface area contributed by atoms with Crippen molar-refractivity contribution < 1.29 is 4.39 Å². The van der Waals surface area contributed by atoms with Crippen LogP contribution < -0.4 is 5.73 Å². The first-order chi connectivity index (χ1) is 6.06. The van der Waals surface area contributed by atoms with Crippen LogP contribution in [-0.4, -0.2) is 6.54 Å². The van der Waals surface area contributed by atoms with E-state index in [1.54, 1.807) is 0 Å². The van der Waals surface area contributed by atoms with Gasteiger partial charge in [-0.05, 0) is 36.1 Å². The standard InChI is InChI=1S/C11H16FN/c1-11(2,7-8-13)9-3-5-10(12)6-4-9/h3-6H,7-8,13H2,1-2H3. The summed E-state index contributed by atoms with van der Waals surface area (Å²) in [5, 5.41) is 0. The maximum absolute atomic E-state index is 12.6. The van der Waals surface area contributed by atoms with E-state index in [0.717, 1.165) is 12.0 Å². The highest BCUT2D eigenvalue weighted by Gasteiger charge is 2.18. The molecule has 0 atom stereocenters. The molecule has 1 nitrogen and oxygen atoms in total. The largest absolute Gasteiger partial charge is 0.330 e. The number of rotatable bonds is 3. The Kier molecular flexibility index (Phi) is 3.04. The van der Waals surface area contributed by atoms with Gasteiger partial charge in [-0.2, -0.15) is 0 Å². The Bertz CT molecular complexity index is 264. The Hall–Kier alpha value is -0.890. The van der Waals surface area contributed by atoms with Gasteiger partial charge in [0.05, 0.1) is 0 Å². The lowest BCUT2D eigenvalue weighted by Gasteiger charge is -2.24. The number of hydrogen-bond donors (Lipinski definition) is 1. The lowest BCUT2D eigenvalue weighted by Crippen LogP contribution is -2.21. The maximum Gasteiger partial charge on any atom is 0.123 e. The van der Waals surface area contributed by atoms with Crippen molar-refractivity contribution in [2.75, 3.05) is 6.54 Å². The van der Waals surface area contributed by atoms with Crippen molar-refractivity contribution in [2.45, 2.75) is 25.7 Å². The van der Waals surface area contributed by atoms with Crippen molar-refractivity contribution in [1.29, 1.82) is 0 Å². The van der Waals surface area contributed by atoms with Gasteiger partial charge in [0.25, 0.3) is 0 Å². The molecule has 0 saturated heterocycles. The van der Waals surface area contributed by atoms with Crippen LogP contribution in [0.1, 0.15) is 25.8 Å². The van der Waals surface area contributed by atoms with E-state index in [1.165, 1.54) is 12.1 Å². The van der Waals surface area contributed by atoms with Crippen molar-refractivity contribution in [3.63, 3.8) is 0 Å². The van der Waals surface area contributed by atoms with Gasteiger partial charge in [-0.15, -0.1) is 0 Å². The summed E-state index contributed by atoms with van der Waals surface area (Å²) < 4.78 is 12.6. The fourth-order valence-corrected chi connectivity index (χ4v) is 1.41. The van der Waals surface area contributed by atoms with E-state index in [1.807, 2.05) is 12.1 Å². The Morgan fingerprint density at radius 2 is 1.77 bits per heavy atom.